The number of halogens is 2. The van der Waals surface area contributed by atoms with E-state index >= 15 is 0 Å². The second-order valence-corrected chi connectivity index (χ2v) is 8.77. The Kier molecular flexibility index (Phi) is 7.19. The quantitative estimate of drug-likeness (QED) is 0.298. The molecule has 0 aliphatic heterocycles. The van der Waals surface area contributed by atoms with Crippen LogP contribution in [0.2, 0.25) is 10.0 Å². The maximum atomic E-state index is 13.0. The van der Waals surface area contributed by atoms with Crippen molar-refractivity contribution in [3.05, 3.63) is 75.5 Å². The third kappa shape index (κ3) is 5.18. The van der Waals surface area contributed by atoms with Gasteiger partial charge in [-0.15, -0.1) is 21.5 Å². The van der Waals surface area contributed by atoms with Gasteiger partial charge < -0.3 is 9.32 Å². The fourth-order valence-electron chi connectivity index (χ4n) is 3.20. The Morgan fingerprint density at radius 2 is 1.72 bits per heavy atom. The highest BCUT2D eigenvalue weighted by Crippen LogP contribution is 2.30. The Bertz CT molecular complexity index is 1220. The van der Waals surface area contributed by atoms with Crippen molar-refractivity contribution in [1.82, 2.24) is 20.1 Å². The van der Waals surface area contributed by atoms with Crippen LogP contribution in [0.15, 0.2) is 58.3 Å². The molecule has 0 saturated carbocycles. The van der Waals surface area contributed by atoms with Gasteiger partial charge in [0.2, 0.25) is 17.7 Å². The van der Waals surface area contributed by atoms with Gasteiger partial charge in [0, 0.05) is 17.5 Å². The third-order valence-corrected chi connectivity index (χ3v) is 6.32. The predicted octanol–water partition coefficient (Wildman–Crippen LogP) is 6.15. The van der Waals surface area contributed by atoms with Gasteiger partial charge in [-0.1, -0.05) is 60.5 Å². The van der Waals surface area contributed by atoms with Crippen LogP contribution in [0.1, 0.15) is 24.9 Å². The summed E-state index contributed by atoms with van der Waals surface area (Å²) in [4.78, 5) is 19.3. The van der Waals surface area contributed by atoms with Crippen molar-refractivity contribution in [2.45, 2.75) is 26.3 Å². The molecule has 0 aliphatic carbocycles. The van der Waals surface area contributed by atoms with Crippen LogP contribution in [-0.4, -0.2) is 32.5 Å². The van der Waals surface area contributed by atoms with Gasteiger partial charge in [0.1, 0.15) is 5.01 Å². The minimum atomic E-state index is -0.0552. The number of hydrogen-bond acceptors (Lipinski definition) is 6. The topological polar surface area (TPSA) is 72.1 Å². The molecule has 1 amide bonds. The molecule has 164 valence electrons. The van der Waals surface area contributed by atoms with Crippen molar-refractivity contribution in [2.75, 3.05) is 6.54 Å². The molecular formula is C23H20Cl2N4O2S. The zero-order chi connectivity index (χ0) is 22.5. The first kappa shape index (κ1) is 22.5. The van der Waals surface area contributed by atoms with Crippen LogP contribution in [0.25, 0.3) is 22.0 Å². The first-order chi connectivity index (χ1) is 15.5. The normalized spacial score (nSPS) is 11.0. The fraction of sp³-hybridized carbons (Fsp3) is 0.217. The fourth-order valence-corrected chi connectivity index (χ4v) is 4.56. The smallest absolute Gasteiger partial charge is 0.249 e. The van der Waals surface area contributed by atoms with Crippen LogP contribution >= 0.6 is 34.5 Å². The van der Waals surface area contributed by atoms with E-state index in [2.05, 4.69) is 15.2 Å². The number of rotatable bonds is 8. The van der Waals surface area contributed by atoms with Crippen molar-refractivity contribution >= 4 is 40.4 Å². The summed E-state index contributed by atoms with van der Waals surface area (Å²) in [6.45, 7) is 2.82. The van der Waals surface area contributed by atoms with Gasteiger partial charge in [0.05, 0.1) is 34.3 Å². The van der Waals surface area contributed by atoms with Crippen molar-refractivity contribution < 1.29 is 9.21 Å². The van der Waals surface area contributed by atoms with Crippen LogP contribution in [0, 0.1) is 0 Å². The maximum Gasteiger partial charge on any atom is 0.249 e. The molecule has 9 heteroatoms. The number of hydrogen-bond donors (Lipinski definition) is 0. The minimum absolute atomic E-state index is 0.0552. The van der Waals surface area contributed by atoms with Crippen molar-refractivity contribution in [3.8, 4) is 22.0 Å². The maximum absolute atomic E-state index is 13.0. The molecular weight excluding hydrogens is 467 g/mol. The van der Waals surface area contributed by atoms with Gasteiger partial charge in [-0.2, -0.15) is 0 Å². The molecule has 0 saturated heterocycles. The number of thiazole rings is 1. The van der Waals surface area contributed by atoms with Gasteiger partial charge in [0.15, 0.2) is 0 Å². The van der Waals surface area contributed by atoms with Crippen molar-refractivity contribution in [3.63, 3.8) is 0 Å². The number of benzene rings is 2. The number of nitrogens with zero attached hydrogens (tertiary/aromatic N) is 4. The molecule has 0 radical (unpaired) electrons. The Balaban J connectivity index is 1.46. The van der Waals surface area contributed by atoms with E-state index in [1.54, 1.807) is 11.0 Å². The molecule has 0 aliphatic rings. The number of aromatic nitrogens is 3. The van der Waals surface area contributed by atoms with E-state index in [1.807, 2.05) is 54.8 Å². The van der Waals surface area contributed by atoms with E-state index in [9.17, 15) is 4.79 Å². The summed E-state index contributed by atoms with van der Waals surface area (Å²) in [5.74, 6) is 0.635. The number of carbonyl (C=O) groups is 1. The van der Waals surface area contributed by atoms with Crippen LogP contribution < -0.4 is 0 Å². The zero-order valence-electron chi connectivity index (χ0n) is 17.3. The lowest BCUT2D eigenvalue weighted by atomic mass is 10.2. The first-order valence-corrected chi connectivity index (χ1v) is 11.7. The molecule has 0 N–H and O–H groups in total. The summed E-state index contributed by atoms with van der Waals surface area (Å²) >= 11 is 14.0. The molecule has 2 aromatic carbocycles. The van der Waals surface area contributed by atoms with Crippen molar-refractivity contribution in [1.29, 1.82) is 0 Å². The van der Waals surface area contributed by atoms with Gasteiger partial charge >= 0.3 is 0 Å². The Morgan fingerprint density at radius 3 is 2.41 bits per heavy atom. The van der Waals surface area contributed by atoms with Gasteiger partial charge in [0.25, 0.3) is 0 Å². The Morgan fingerprint density at radius 1 is 1.03 bits per heavy atom. The average molecular weight is 487 g/mol. The second-order valence-electron chi connectivity index (χ2n) is 7.10. The van der Waals surface area contributed by atoms with E-state index in [4.69, 9.17) is 27.6 Å². The number of carbonyl (C=O) groups excluding carboxylic acids is 1. The average Bonchev–Trinajstić information content (AvgIpc) is 3.44. The van der Waals surface area contributed by atoms with E-state index in [-0.39, 0.29) is 18.9 Å². The molecule has 0 spiro atoms. The second kappa shape index (κ2) is 10.3. The molecule has 6 nitrogen and oxygen atoms in total. The third-order valence-electron chi connectivity index (χ3n) is 4.73. The monoisotopic (exact) mass is 486 g/mol. The summed E-state index contributed by atoms with van der Waals surface area (Å²) in [5, 5.41) is 12.0. The molecule has 0 fully saturated rings. The Labute approximate surface area is 199 Å². The molecule has 0 unspecified atom stereocenters. The Hall–Kier alpha value is -2.74. The highest BCUT2D eigenvalue weighted by Gasteiger charge is 2.20. The molecule has 0 bridgehead atoms. The molecule has 4 rings (SSSR count). The van der Waals surface area contributed by atoms with Crippen molar-refractivity contribution in [2.24, 2.45) is 0 Å². The first-order valence-electron chi connectivity index (χ1n) is 10.1. The summed E-state index contributed by atoms with van der Waals surface area (Å²) in [7, 11) is 0. The van der Waals surface area contributed by atoms with E-state index in [0.717, 1.165) is 17.0 Å². The molecule has 0 atom stereocenters. The lowest BCUT2D eigenvalue weighted by molar-refractivity contribution is -0.131. The van der Waals surface area contributed by atoms with E-state index in [0.29, 0.717) is 39.6 Å². The predicted molar refractivity (Wildman–Crippen MR) is 127 cm³/mol. The molecule has 2 aromatic heterocycles. The van der Waals surface area contributed by atoms with E-state index in [1.165, 1.54) is 11.3 Å². The summed E-state index contributed by atoms with van der Waals surface area (Å²) in [6.07, 6.45) is 0.992. The van der Waals surface area contributed by atoms with Gasteiger partial charge in [-0.25, -0.2) is 4.98 Å². The zero-order valence-corrected chi connectivity index (χ0v) is 19.6. The summed E-state index contributed by atoms with van der Waals surface area (Å²) in [6, 6.07) is 14.8. The highest BCUT2D eigenvalue weighted by atomic mass is 35.5. The standard InChI is InChI=1S/C23H20Cl2N4O2S/c1-2-11-29(13-20-27-28-22(31-20)16-7-3-5-9-18(16)24)21(30)12-15-14-32-23(26-15)17-8-4-6-10-19(17)25/h3-10,14H,2,11-13H2,1H3. The highest BCUT2D eigenvalue weighted by molar-refractivity contribution is 7.13. The van der Waals surface area contributed by atoms with Crippen LogP contribution in [0.5, 0.6) is 0 Å². The summed E-state index contributed by atoms with van der Waals surface area (Å²) in [5.41, 5.74) is 2.23. The minimum Gasteiger partial charge on any atom is -0.419 e. The lowest BCUT2D eigenvalue weighted by Gasteiger charge is -2.19. The largest absolute Gasteiger partial charge is 0.419 e. The molecule has 2 heterocycles. The van der Waals surface area contributed by atoms with Crippen LogP contribution in [-0.2, 0) is 17.8 Å². The van der Waals surface area contributed by atoms with Crippen LogP contribution in [0.3, 0.4) is 0 Å². The molecule has 4 aromatic rings. The lowest BCUT2D eigenvalue weighted by Crippen LogP contribution is -2.32. The van der Waals surface area contributed by atoms with Crippen LogP contribution in [0.4, 0.5) is 0 Å². The van der Waals surface area contributed by atoms with Gasteiger partial charge in [-0.3, -0.25) is 4.79 Å². The number of amides is 1. The van der Waals surface area contributed by atoms with E-state index < -0.39 is 0 Å². The molecule has 32 heavy (non-hydrogen) atoms. The summed E-state index contributed by atoms with van der Waals surface area (Å²) < 4.78 is 5.77. The SMILES string of the molecule is CCCN(Cc1nnc(-c2ccccc2Cl)o1)C(=O)Cc1csc(-c2ccccc2Cl)n1. The van der Waals surface area contributed by atoms with Gasteiger partial charge in [-0.05, 0) is 24.6 Å².